The van der Waals surface area contributed by atoms with Gasteiger partial charge in [-0.05, 0) is 42.5 Å². The molecule has 194 valence electrons. The van der Waals surface area contributed by atoms with Crippen LogP contribution in [0.5, 0.6) is 11.9 Å². The van der Waals surface area contributed by atoms with Crippen molar-refractivity contribution in [3.8, 4) is 23.0 Å². The normalized spacial score (nSPS) is 11.5. The number of nitrogens with zero attached hydrogens (tertiary/aromatic N) is 5. The van der Waals surface area contributed by atoms with Gasteiger partial charge in [0.2, 0.25) is 5.88 Å². The predicted molar refractivity (Wildman–Crippen MR) is 140 cm³/mol. The minimum atomic E-state index is -3.99. The summed E-state index contributed by atoms with van der Waals surface area (Å²) in [4.78, 5) is 12.4. The first-order chi connectivity index (χ1) is 17.6. The Balaban J connectivity index is 1.60. The molecule has 0 amide bonds. The molecule has 0 atom stereocenters. The summed E-state index contributed by atoms with van der Waals surface area (Å²) >= 11 is 0. The van der Waals surface area contributed by atoms with E-state index in [0.29, 0.717) is 5.56 Å². The predicted octanol–water partition coefficient (Wildman–Crippen LogP) is 4.27. The number of pyridine rings is 1. The van der Waals surface area contributed by atoms with Crippen LogP contribution in [0.2, 0.25) is 0 Å². The van der Waals surface area contributed by atoms with Gasteiger partial charge in [0.05, 0.1) is 5.56 Å². The number of hydrogen-bond donors (Lipinski definition) is 1. The highest BCUT2D eigenvalue weighted by Gasteiger charge is 2.25. The number of rotatable bonds is 10. The maximum atomic E-state index is 13.2. The SMILES string of the molecule is Cc1ccc(-c2c(OCCOc3ncc(C)cn3)nn(C)c2NS(=O)(=O)c2ccc(C(C)C)cn2)cc1. The molecule has 0 fully saturated rings. The molecule has 11 heteroatoms. The molecule has 0 spiro atoms. The molecule has 0 unspecified atom stereocenters. The van der Waals surface area contributed by atoms with E-state index in [1.165, 1.54) is 10.7 Å². The van der Waals surface area contributed by atoms with E-state index >= 15 is 0 Å². The van der Waals surface area contributed by atoms with Gasteiger partial charge in [0, 0.05) is 25.6 Å². The largest absolute Gasteiger partial charge is 0.472 e. The molecule has 10 nitrogen and oxygen atoms in total. The van der Waals surface area contributed by atoms with Gasteiger partial charge in [-0.1, -0.05) is 49.7 Å². The van der Waals surface area contributed by atoms with Gasteiger partial charge in [0.1, 0.15) is 19.0 Å². The highest BCUT2D eigenvalue weighted by Crippen LogP contribution is 2.37. The van der Waals surface area contributed by atoms with Crippen LogP contribution in [0.25, 0.3) is 11.1 Å². The summed E-state index contributed by atoms with van der Waals surface area (Å²) < 4.78 is 42.0. The van der Waals surface area contributed by atoms with Crippen LogP contribution in [0, 0.1) is 13.8 Å². The highest BCUT2D eigenvalue weighted by atomic mass is 32.2. The Morgan fingerprint density at radius 3 is 2.19 bits per heavy atom. The molecule has 1 N–H and O–H groups in total. The van der Waals surface area contributed by atoms with Gasteiger partial charge < -0.3 is 9.47 Å². The van der Waals surface area contributed by atoms with Crippen LogP contribution in [0.1, 0.15) is 36.5 Å². The molecular formula is C26H30N6O4S. The van der Waals surface area contributed by atoms with E-state index in [2.05, 4.69) is 24.8 Å². The molecule has 0 aliphatic heterocycles. The van der Waals surface area contributed by atoms with Gasteiger partial charge >= 0.3 is 6.01 Å². The third-order valence-corrected chi connectivity index (χ3v) is 6.85. The topological polar surface area (TPSA) is 121 Å². The molecule has 0 radical (unpaired) electrons. The van der Waals surface area contributed by atoms with Gasteiger partial charge in [-0.2, -0.15) is 8.42 Å². The minimum Gasteiger partial charge on any atom is -0.472 e. The standard InChI is InChI=1S/C26H30N6O4S/c1-17(2)21-10-11-22(27-16-21)37(33,34)31-24-23(20-8-6-18(3)7-9-20)25(30-32(24)5)35-12-13-36-26-28-14-19(4)15-29-26/h6-11,14-17,31H,12-13H2,1-5H3. The quantitative estimate of drug-likeness (QED) is 0.307. The van der Waals surface area contributed by atoms with Crippen molar-refractivity contribution in [2.75, 3.05) is 17.9 Å². The third-order valence-electron chi connectivity index (χ3n) is 5.60. The van der Waals surface area contributed by atoms with Gasteiger partial charge in [0.15, 0.2) is 5.03 Å². The van der Waals surface area contributed by atoms with Crippen molar-refractivity contribution in [2.24, 2.45) is 7.05 Å². The average Bonchev–Trinajstić information content (AvgIpc) is 3.17. The summed E-state index contributed by atoms with van der Waals surface area (Å²) in [5.41, 5.74) is 4.21. The maximum Gasteiger partial charge on any atom is 0.316 e. The molecule has 0 bridgehead atoms. The zero-order chi connectivity index (χ0) is 26.6. The van der Waals surface area contributed by atoms with E-state index in [1.807, 2.05) is 52.0 Å². The Labute approximate surface area is 216 Å². The lowest BCUT2D eigenvalue weighted by Gasteiger charge is -2.12. The molecule has 0 aliphatic rings. The number of benzene rings is 1. The van der Waals surface area contributed by atoms with Gasteiger partial charge in [-0.15, -0.1) is 5.10 Å². The lowest BCUT2D eigenvalue weighted by atomic mass is 10.1. The molecular weight excluding hydrogens is 492 g/mol. The molecule has 0 saturated heterocycles. The number of ether oxygens (including phenoxy) is 2. The first kappa shape index (κ1) is 26.1. The smallest absolute Gasteiger partial charge is 0.316 e. The summed E-state index contributed by atoms with van der Waals surface area (Å²) in [5, 5.41) is 4.36. The monoisotopic (exact) mass is 522 g/mol. The van der Waals surface area contributed by atoms with E-state index in [-0.39, 0.29) is 41.9 Å². The second-order valence-electron chi connectivity index (χ2n) is 8.95. The molecule has 4 aromatic rings. The zero-order valence-electron chi connectivity index (χ0n) is 21.5. The molecule has 37 heavy (non-hydrogen) atoms. The summed E-state index contributed by atoms with van der Waals surface area (Å²) in [5.74, 6) is 0.764. The number of aromatic nitrogens is 5. The number of anilines is 1. The van der Waals surface area contributed by atoms with Crippen molar-refractivity contribution in [1.82, 2.24) is 24.7 Å². The number of aryl methyl sites for hydroxylation is 3. The Morgan fingerprint density at radius 1 is 0.892 bits per heavy atom. The fourth-order valence-corrected chi connectivity index (χ4v) is 4.53. The molecule has 3 heterocycles. The number of hydrogen-bond acceptors (Lipinski definition) is 8. The second-order valence-corrected chi connectivity index (χ2v) is 10.6. The maximum absolute atomic E-state index is 13.2. The minimum absolute atomic E-state index is 0.0816. The van der Waals surface area contributed by atoms with E-state index in [9.17, 15) is 8.42 Å². The van der Waals surface area contributed by atoms with Crippen molar-refractivity contribution in [3.05, 3.63) is 71.7 Å². The van der Waals surface area contributed by atoms with Crippen LogP contribution in [-0.2, 0) is 17.1 Å². The lowest BCUT2D eigenvalue weighted by molar-refractivity contribution is 0.201. The van der Waals surface area contributed by atoms with Gasteiger partial charge in [0.25, 0.3) is 10.0 Å². The molecule has 0 saturated carbocycles. The van der Waals surface area contributed by atoms with Crippen LogP contribution in [0.15, 0.2) is 60.0 Å². The van der Waals surface area contributed by atoms with E-state index < -0.39 is 10.0 Å². The first-order valence-electron chi connectivity index (χ1n) is 11.8. The summed E-state index contributed by atoms with van der Waals surface area (Å²) in [6, 6.07) is 11.2. The number of sulfonamides is 1. The Bertz CT molecular complexity index is 1450. The summed E-state index contributed by atoms with van der Waals surface area (Å²) in [7, 11) is -2.34. The van der Waals surface area contributed by atoms with E-state index in [0.717, 1.165) is 22.3 Å². The zero-order valence-corrected chi connectivity index (χ0v) is 22.3. The second kappa shape index (κ2) is 11.0. The van der Waals surface area contributed by atoms with Crippen molar-refractivity contribution in [1.29, 1.82) is 0 Å². The van der Waals surface area contributed by atoms with Crippen molar-refractivity contribution >= 4 is 15.8 Å². The lowest BCUT2D eigenvalue weighted by Crippen LogP contribution is -2.17. The molecule has 1 aromatic carbocycles. The van der Waals surface area contributed by atoms with Crippen molar-refractivity contribution < 1.29 is 17.9 Å². The van der Waals surface area contributed by atoms with Crippen LogP contribution < -0.4 is 14.2 Å². The summed E-state index contributed by atoms with van der Waals surface area (Å²) in [6.07, 6.45) is 4.91. The Kier molecular flexibility index (Phi) is 7.72. The molecule has 4 rings (SSSR count). The highest BCUT2D eigenvalue weighted by molar-refractivity contribution is 7.92. The third kappa shape index (κ3) is 6.23. The van der Waals surface area contributed by atoms with Gasteiger partial charge in [-0.25, -0.2) is 19.6 Å². The van der Waals surface area contributed by atoms with E-state index in [1.54, 1.807) is 31.7 Å². The first-order valence-corrected chi connectivity index (χ1v) is 13.3. The van der Waals surface area contributed by atoms with Crippen LogP contribution in [0.3, 0.4) is 0 Å². The fourth-order valence-electron chi connectivity index (χ4n) is 3.50. The van der Waals surface area contributed by atoms with Crippen molar-refractivity contribution in [3.63, 3.8) is 0 Å². The average molecular weight is 523 g/mol. The summed E-state index contributed by atoms with van der Waals surface area (Å²) in [6.45, 7) is 8.24. The number of nitrogens with one attached hydrogen (secondary N) is 1. The van der Waals surface area contributed by atoms with Crippen LogP contribution in [-0.4, -0.2) is 46.4 Å². The van der Waals surface area contributed by atoms with E-state index in [4.69, 9.17) is 9.47 Å². The molecule has 0 aliphatic carbocycles. The van der Waals surface area contributed by atoms with Gasteiger partial charge in [-0.3, -0.25) is 4.72 Å². The van der Waals surface area contributed by atoms with Crippen LogP contribution in [0.4, 0.5) is 5.82 Å². The van der Waals surface area contributed by atoms with Crippen LogP contribution >= 0.6 is 0 Å². The van der Waals surface area contributed by atoms with Crippen molar-refractivity contribution in [2.45, 2.75) is 38.6 Å². The Morgan fingerprint density at radius 2 is 1.57 bits per heavy atom. The molecule has 3 aromatic heterocycles. The Hall–Kier alpha value is -3.99. The fraction of sp³-hybridized carbons (Fsp3) is 0.308.